The number of hydrogen-bond acceptors (Lipinski definition) is 7. The molecule has 168 valence electrons. The van der Waals surface area contributed by atoms with E-state index in [1.807, 2.05) is 12.1 Å². The van der Waals surface area contributed by atoms with Gasteiger partial charge in [-0.15, -0.1) is 0 Å². The van der Waals surface area contributed by atoms with E-state index < -0.39 is 17.4 Å². The van der Waals surface area contributed by atoms with Gasteiger partial charge in [0, 0.05) is 31.9 Å². The van der Waals surface area contributed by atoms with E-state index in [-0.39, 0.29) is 13.2 Å². The Hall–Kier alpha value is -2.28. The average Bonchev–Trinajstić information content (AvgIpc) is 2.77. The maximum atomic E-state index is 12.3. The first kappa shape index (κ1) is 24.0. The van der Waals surface area contributed by atoms with Gasteiger partial charge in [0.2, 0.25) is 0 Å². The Labute approximate surface area is 180 Å². The first-order chi connectivity index (χ1) is 14.4. The molecule has 0 aromatic heterocycles. The van der Waals surface area contributed by atoms with Crippen LogP contribution in [0.2, 0.25) is 0 Å². The Bertz CT molecular complexity index is 651. The summed E-state index contributed by atoms with van der Waals surface area (Å²) < 4.78 is 15.5. The smallest absolute Gasteiger partial charge is 0.323 e. The summed E-state index contributed by atoms with van der Waals surface area (Å²) in [5.74, 6) is -0.108. The van der Waals surface area contributed by atoms with Gasteiger partial charge in [-0.2, -0.15) is 0 Å². The number of ether oxygens (including phenoxy) is 3. The molecule has 0 amide bonds. The molecule has 1 fully saturated rings. The van der Waals surface area contributed by atoms with Crippen LogP contribution in [0.15, 0.2) is 24.3 Å². The fraction of sp³-hybridized carbons (Fsp3) is 0.652. The summed E-state index contributed by atoms with van der Waals surface area (Å²) in [5, 5.41) is 0. The third kappa shape index (κ3) is 6.36. The van der Waals surface area contributed by atoms with Gasteiger partial charge < -0.3 is 19.1 Å². The lowest BCUT2D eigenvalue weighted by Crippen LogP contribution is -2.46. The van der Waals surface area contributed by atoms with Crippen molar-refractivity contribution < 1.29 is 23.8 Å². The van der Waals surface area contributed by atoms with Crippen LogP contribution in [-0.2, 0) is 19.1 Å². The number of piperazine rings is 1. The predicted molar refractivity (Wildman–Crippen MR) is 117 cm³/mol. The number of nitrogens with zero attached hydrogens (tertiary/aromatic N) is 2. The zero-order valence-electron chi connectivity index (χ0n) is 18.8. The van der Waals surface area contributed by atoms with E-state index in [2.05, 4.69) is 21.9 Å². The van der Waals surface area contributed by atoms with Crippen LogP contribution in [0.4, 0.5) is 5.69 Å². The van der Waals surface area contributed by atoms with Gasteiger partial charge in [0.15, 0.2) is 5.41 Å². The number of unbranched alkanes of at least 4 members (excludes halogenated alkanes) is 1. The van der Waals surface area contributed by atoms with Gasteiger partial charge in [-0.1, -0.05) is 6.42 Å². The van der Waals surface area contributed by atoms with Crippen LogP contribution in [0, 0.1) is 5.41 Å². The van der Waals surface area contributed by atoms with Gasteiger partial charge in [-0.3, -0.25) is 14.5 Å². The highest BCUT2D eigenvalue weighted by Gasteiger charge is 2.43. The van der Waals surface area contributed by atoms with Gasteiger partial charge in [0.25, 0.3) is 0 Å². The largest absolute Gasteiger partial charge is 0.497 e. The molecule has 1 aliphatic rings. The van der Waals surface area contributed by atoms with Gasteiger partial charge in [0.05, 0.1) is 20.3 Å². The van der Waals surface area contributed by atoms with E-state index >= 15 is 0 Å². The van der Waals surface area contributed by atoms with Crippen LogP contribution in [0.5, 0.6) is 5.75 Å². The van der Waals surface area contributed by atoms with E-state index in [1.165, 1.54) is 5.69 Å². The first-order valence-electron chi connectivity index (χ1n) is 10.9. The molecule has 1 aromatic rings. The molecule has 30 heavy (non-hydrogen) atoms. The summed E-state index contributed by atoms with van der Waals surface area (Å²) in [4.78, 5) is 29.5. The molecule has 2 rings (SSSR count). The summed E-state index contributed by atoms with van der Waals surface area (Å²) in [5.41, 5.74) is -0.00546. The quantitative estimate of drug-likeness (QED) is 0.309. The minimum Gasteiger partial charge on any atom is -0.497 e. The fourth-order valence-electron chi connectivity index (χ4n) is 3.70. The number of rotatable bonds is 11. The van der Waals surface area contributed by atoms with E-state index in [0.29, 0.717) is 6.42 Å². The second-order valence-electron chi connectivity index (χ2n) is 7.76. The molecule has 1 saturated heterocycles. The zero-order valence-corrected chi connectivity index (χ0v) is 18.8. The summed E-state index contributed by atoms with van der Waals surface area (Å²) in [7, 11) is 1.68. The van der Waals surface area contributed by atoms with Crippen molar-refractivity contribution in [3.05, 3.63) is 24.3 Å². The van der Waals surface area contributed by atoms with Gasteiger partial charge >= 0.3 is 11.9 Å². The number of benzene rings is 1. The van der Waals surface area contributed by atoms with Crippen LogP contribution in [0.3, 0.4) is 0 Å². The van der Waals surface area contributed by atoms with Gasteiger partial charge in [0.1, 0.15) is 5.75 Å². The number of carbonyl (C=O) groups is 2. The van der Waals surface area contributed by atoms with E-state index in [4.69, 9.17) is 14.2 Å². The van der Waals surface area contributed by atoms with E-state index in [0.717, 1.165) is 51.3 Å². The Morgan fingerprint density at radius 3 is 2.00 bits per heavy atom. The average molecular weight is 421 g/mol. The number of hydrogen-bond donors (Lipinski definition) is 0. The number of esters is 2. The highest BCUT2D eigenvalue weighted by Crippen LogP contribution is 2.28. The molecule has 1 aliphatic heterocycles. The van der Waals surface area contributed by atoms with E-state index in [1.54, 1.807) is 27.9 Å². The summed E-state index contributed by atoms with van der Waals surface area (Å²) >= 11 is 0. The molecular formula is C23H36N2O5. The normalized spacial score (nSPS) is 15.0. The molecule has 7 nitrogen and oxygen atoms in total. The molecule has 1 heterocycles. The molecule has 0 saturated carbocycles. The van der Waals surface area contributed by atoms with Crippen LogP contribution in [0.1, 0.15) is 40.0 Å². The van der Waals surface area contributed by atoms with Crippen LogP contribution >= 0.6 is 0 Å². The SMILES string of the molecule is CCOC(=O)C(C)(CCCCN1CCN(c2ccc(OC)cc2)CC1)C(=O)OCC. The van der Waals surface area contributed by atoms with Gasteiger partial charge in [-0.25, -0.2) is 0 Å². The minimum absolute atomic E-state index is 0.256. The summed E-state index contributed by atoms with van der Waals surface area (Å²) in [6.45, 7) is 10.6. The summed E-state index contributed by atoms with van der Waals surface area (Å²) in [6.07, 6.45) is 2.14. The third-order valence-corrected chi connectivity index (χ3v) is 5.66. The van der Waals surface area contributed by atoms with Crippen LogP contribution in [0.25, 0.3) is 0 Å². The molecule has 0 N–H and O–H groups in total. The highest BCUT2D eigenvalue weighted by atomic mass is 16.6. The molecule has 7 heteroatoms. The predicted octanol–water partition coefficient (Wildman–Crippen LogP) is 3.12. The standard InChI is InChI=1S/C23H36N2O5/c1-5-29-21(26)23(3,22(27)30-6-2)13-7-8-14-24-15-17-25(18-16-24)19-9-11-20(28-4)12-10-19/h9-12H,5-8,13-18H2,1-4H3. The van der Waals surface area contributed by atoms with Crippen molar-refractivity contribution in [1.29, 1.82) is 0 Å². The van der Waals surface area contributed by atoms with Crippen molar-refractivity contribution in [1.82, 2.24) is 4.90 Å². The fourth-order valence-corrected chi connectivity index (χ4v) is 3.70. The highest BCUT2D eigenvalue weighted by molar-refractivity contribution is 5.99. The van der Waals surface area contributed by atoms with Crippen molar-refractivity contribution in [3.8, 4) is 5.75 Å². The molecule has 1 aromatic carbocycles. The molecule has 0 bridgehead atoms. The molecule has 0 radical (unpaired) electrons. The van der Waals surface area contributed by atoms with E-state index in [9.17, 15) is 9.59 Å². The maximum absolute atomic E-state index is 12.3. The molecule has 0 aliphatic carbocycles. The lowest BCUT2D eigenvalue weighted by molar-refractivity contribution is -0.171. The molecule has 0 atom stereocenters. The molecule has 0 spiro atoms. The molecule has 0 unspecified atom stereocenters. The Morgan fingerprint density at radius 1 is 0.933 bits per heavy atom. The second-order valence-corrected chi connectivity index (χ2v) is 7.76. The van der Waals surface area contributed by atoms with Crippen molar-refractivity contribution in [3.63, 3.8) is 0 Å². The zero-order chi connectivity index (χ0) is 22.0. The van der Waals surface area contributed by atoms with Crippen molar-refractivity contribution in [2.45, 2.75) is 40.0 Å². The van der Waals surface area contributed by atoms with Crippen LogP contribution < -0.4 is 9.64 Å². The lowest BCUT2D eigenvalue weighted by atomic mass is 9.84. The lowest BCUT2D eigenvalue weighted by Gasteiger charge is -2.36. The third-order valence-electron chi connectivity index (χ3n) is 5.66. The number of carbonyl (C=O) groups excluding carboxylic acids is 2. The van der Waals surface area contributed by atoms with Gasteiger partial charge in [-0.05, 0) is 64.4 Å². The monoisotopic (exact) mass is 420 g/mol. The minimum atomic E-state index is -1.22. The van der Waals surface area contributed by atoms with Crippen molar-refractivity contribution in [2.24, 2.45) is 5.41 Å². The number of methoxy groups -OCH3 is 1. The Balaban J connectivity index is 1.76. The van der Waals surface area contributed by atoms with Crippen molar-refractivity contribution >= 4 is 17.6 Å². The topological polar surface area (TPSA) is 68.3 Å². The van der Waals surface area contributed by atoms with Crippen LogP contribution in [-0.4, -0.2) is 69.9 Å². The second kappa shape index (κ2) is 11.8. The molecular weight excluding hydrogens is 384 g/mol. The Morgan fingerprint density at radius 2 is 1.50 bits per heavy atom. The number of anilines is 1. The van der Waals surface area contributed by atoms with Crippen molar-refractivity contribution in [2.75, 3.05) is 57.9 Å². The summed E-state index contributed by atoms with van der Waals surface area (Å²) in [6, 6.07) is 8.18. The first-order valence-corrected chi connectivity index (χ1v) is 10.9. The maximum Gasteiger partial charge on any atom is 0.323 e. The Kier molecular flexibility index (Phi) is 9.43.